The first-order chi connectivity index (χ1) is 13.6. The van der Waals surface area contributed by atoms with Gasteiger partial charge in [0.15, 0.2) is 4.84 Å². The predicted molar refractivity (Wildman–Crippen MR) is 113 cm³/mol. The SMILES string of the molecule is COc1cccc(Cn2cccc2CN(Cc2ccccc2)C(=O)C(Cl)Cl)c1. The van der Waals surface area contributed by atoms with Crippen LogP contribution in [0.3, 0.4) is 0 Å². The van der Waals surface area contributed by atoms with Gasteiger partial charge in [-0.15, -0.1) is 0 Å². The molecule has 1 aromatic heterocycles. The van der Waals surface area contributed by atoms with Crippen molar-refractivity contribution in [1.29, 1.82) is 0 Å². The third-order valence-corrected chi connectivity index (χ3v) is 4.85. The number of aromatic nitrogens is 1. The fraction of sp³-hybridized carbons (Fsp3) is 0.227. The molecule has 0 bridgehead atoms. The van der Waals surface area contributed by atoms with E-state index in [9.17, 15) is 4.79 Å². The van der Waals surface area contributed by atoms with Crippen LogP contribution in [0.2, 0.25) is 0 Å². The molecule has 0 saturated heterocycles. The van der Waals surface area contributed by atoms with E-state index in [1.54, 1.807) is 12.0 Å². The number of hydrogen-bond donors (Lipinski definition) is 0. The maximum atomic E-state index is 12.6. The molecule has 0 aliphatic heterocycles. The number of methoxy groups -OCH3 is 1. The van der Waals surface area contributed by atoms with Gasteiger partial charge < -0.3 is 14.2 Å². The van der Waals surface area contributed by atoms with Gasteiger partial charge in [-0.25, -0.2) is 0 Å². The third-order valence-electron chi connectivity index (χ3n) is 4.48. The Kier molecular flexibility index (Phi) is 7.01. The quantitative estimate of drug-likeness (QED) is 0.490. The largest absolute Gasteiger partial charge is 0.497 e. The molecule has 0 atom stereocenters. The summed E-state index contributed by atoms with van der Waals surface area (Å²) < 4.78 is 7.41. The van der Waals surface area contributed by atoms with Crippen LogP contribution in [0.5, 0.6) is 5.75 Å². The minimum atomic E-state index is -1.09. The number of halogens is 2. The summed E-state index contributed by atoms with van der Waals surface area (Å²) in [4.78, 5) is 13.1. The van der Waals surface area contributed by atoms with Crippen molar-refractivity contribution in [3.63, 3.8) is 0 Å². The number of rotatable bonds is 8. The molecule has 6 heteroatoms. The molecular formula is C22H22Cl2N2O2. The van der Waals surface area contributed by atoms with E-state index in [-0.39, 0.29) is 5.91 Å². The van der Waals surface area contributed by atoms with Crippen molar-refractivity contribution in [3.8, 4) is 5.75 Å². The summed E-state index contributed by atoms with van der Waals surface area (Å²) in [5.41, 5.74) is 3.14. The van der Waals surface area contributed by atoms with E-state index in [1.807, 2.05) is 72.9 Å². The Bertz CT molecular complexity index is 910. The molecule has 0 N–H and O–H groups in total. The normalized spacial score (nSPS) is 10.9. The number of ether oxygens (including phenoxy) is 1. The number of benzene rings is 2. The molecule has 1 amide bonds. The fourth-order valence-electron chi connectivity index (χ4n) is 3.06. The molecule has 0 aliphatic carbocycles. The van der Waals surface area contributed by atoms with Gasteiger partial charge in [-0.05, 0) is 35.4 Å². The van der Waals surface area contributed by atoms with Crippen molar-refractivity contribution in [1.82, 2.24) is 9.47 Å². The lowest BCUT2D eigenvalue weighted by atomic mass is 10.2. The van der Waals surface area contributed by atoms with E-state index in [0.29, 0.717) is 19.6 Å². The third kappa shape index (κ3) is 5.31. The lowest BCUT2D eigenvalue weighted by molar-refractivity contribution is -0.130. The zero-order valence-corrected chi connectivity index (χ0v) is 17.1. The number of carbonyl (C=O) groups is 1. The molecule has 0 unspecified atom stereocenters. The maximum Gasteiger partial charge on any atom is 0.256 e. The average molecular weight is 417 g/mol. The van der Waals surface area contributed by atoms with Crippen molar-refractivity contribution in [2.45, 2.75) is 24.5 Å². The Labute approximate surface area is 175 Å². The first-order valence-electron chi connectivity index (χ1n) is 8.94. The van der Waals surface area contributed by atoms with Gasteiger partial charge in [-0.1, -0.05) is 65.7 Å². The van der Waals surface area contributed by atoms with Crippen molar-refractivity contribution in [2.24, 2.45) is 0 Å². The van der Waals surface area contributed by atoms with E-state index in [4.69, 9.17) is 27.9 Å². The van der Waals surface area contributed by atoms with Gasteiger partial charge in [-0.3, -0.25) is 4.79 Å². The number of amides is 1. The molecule has 0 radical (unpaired) electrons. The van der Waals surface area contributed by atoms with Gasteiger partial charge in [0, 0.05) is 25.0 Å². The number of hydrogen-bond acceptors (Lipinski definition) is 2. The van der Waals surface area contributed by atoms with Crippen LogP contribution < -0.4 is 4.74 Å². The second kappa shape index (κ2) is 9.67. The predicted octanol–water partition coefficient (Wildman–Crippen LogP) is 4.88. The van der Waals surface area contributed by atoms with Gasteiger partial charge in [0.05, 0.1) is 13.7 Å². The minimum Gasteiger partial charge on any atom is -0.497 e. The molecule has 4 nitrogen and oxygen atoms in total. The number of carbonyl (C=O) groups excluding carboxylic acids is 1. The second-order valence-corrected chi connectivity index (χ2v) is 7.56. The Hall–Kier alpha value is -2.43. The molecule has 1 heterocycles. The van der Waals surface area contributed by atoms with Crippen LogP contribution in [0.1, 0.15) is 16.8 Å². The van der Waals surface area contributed by atoms with E-state index >= 15 is 0 Å². The Morgan fingerprint density at radius 1 is 1.00 bits per heavy atom. The molecular weight excluding hydrogens is 395 g/mol. The lowest BCUT2D eigenvalue weighted by Gasteiger charge is -2.24. The van der Waals surface area contributed by atoms with E-state index in [0.717, 1.165) is 22.6 Å². The Morgan fingerprint density at radius 3 is 2.46 bits per heavy atom. The molecule has 2 aromatic carbocycles. The van der Waals surface area contributed by atoms with E-state index in [2.05, 4.69) is 4.57 Å². The molecule has 3 rings (SSSR count). The highest BCUT2D eigenvalue weighted by atomic mass is 35.5. The topological polar surface area (TPSA) is 34.5 Å². The Balaban J connectivity index is 1.79. The van der Waals surface area contributed by atoms with Gasteiger partial charge in [0.25, 0.3) is 5.91 Å². The summed E-state index contributed by atoms with van der Waals surface area (Å²) in [6, 6.07) is 21.7. The molecule has 0 saturated carbocycles. The van der Waals surface area contributed by atoms with Crippen molar-refractivity contribution < 1.29 is 9.53 Å². The second-order valence-electron chi connectivity index (χ2n) is 6.46. The van der Waals surface area contributed by atoms with Crippen LogP contribution in [0.25, 0.3) is 0 Å². The summed E-state index contributed by atoms with van der Waals surface area (Å²) in [5.74, 6) is 0.514. The zero-order chi connectivity index (χ0) is 19.9. The first kappa shape index (κ1) is 20.3. The lowest BCUT2D eigenvalue weighted by Crippen LogP contribution is -2.34. The van der Waals surface area contributed by atoms with Crippen LogP contribution in [-0.4, -0.2) is 27.3 Å². The van der Waals surface area contributed by atoms with Gasteiger partial charge in [-0.2, -0.15) is 0 Å². The van der Waals surface area contributed by atoms with E-state index in [1.165, 1.54) is 0 Å². The summed E-state index contributed by atoms with van der Waals surface area (Å²) in [6.45, 7) is 1.54. The molecule has 3 aromatic rings. The van der Waals surface area contributed by atoms with Crippen LogP contribution >= 0.6 is 23.2 Å². The summed E-state index contributed by atoms with van der Waals surface area (Å²) in [5, 5.41) is 0. The van der Waals surface area contributed by atoms with Gasteiger partial charge >= 0.3 is 0 Å². The smallest absolute Gasteiger partial charge is 0.256 e. The zero-order valence-electron chi connectivity index (χ0n) is 15.6. The first-order valence-corrected chi connectivity index (χ1v) is 9.82. The van der Waals surface area contributed by atoms with Crippen molar-refractivity contribution in [2.75, 3.05) is 7.11 Å². The van der Waals surface area contributed by atoms with Crippen molar-refractivity contribution in [3.05, 3.63) is 89.7 Å². The number of alkyl halides is 2. The Morgan fingerprint density at radius 2 is 1.75 bits per heavy atom. The minimum absolute atomic E-state index is 0.304. The summed E-state index contributed by atoms with van der Waals surface area (Å²) in [6.07, 6.45) is 2.00. The monoisotopic (exact) mass is 416 g/mol. The standard InChI is InChI=1S/C22H22Cl2N2O2/c1-28-20-11-5-9-18(13-20)15-25-12-6-10-19(25)16-26(22(27)21(23)24)14-17-7-3-2-4-8-17/h2-13,21H,14-16H2,1H3. The van der Waals surface area contributed by atoms with Crippen LogP contribution in [0.4, 0.5) is 0 Å². The molecule has 0 fully saturated rings. The summed E-state index contributed by atoms with van der Waals surface area (Å²) in [7, 11) is 1.65. The highest BCUT2D eigenvalue weighted by Gasteiger charge is 2.22. The molecule has 0 spiro atoms. The van der Waals surface area contributed by atoms with Gasteiger partial charge in [0.1, 0.15) is 5.75 Å². The molecule has 28 heavy (non-hydrogen) atoms. The van der Waals surface area contributed by atoms with Gasteiger partial charge in [0.2, 0.25) is 0 Å². The van der Waals surface area contributed by atoms with Crippen LogP contribution in [0.15, 0.2) is 72.9 Å². The van der Waals surface area contributed by atoms with E-state index < -0.39 is 4.84 Å². The summed E-state index contributed by atoms with van der Waals surface area (Å²) >= 11 is 11.8. The highest BCUT2D eigenvalue weighted by Crippen LogP contribution is 2.18. The maximum absolute atomic E-state index is 12.6. The van der Waals surface area contributed by atoms with Crippen molar-refractivity contribution >= 4 is 29.1 Å². The average Bonchev–Trinajstić information content (AvgIpc) is 3.14. The number of nitrogens with zero attached hydrogens (tertiary/aromatic N) is 2. The molecule has 0 aliphatic rings. The highest BCUT2D eigenvalue weighted by molar-refractivity contribution is 6.53. The molecule has 146 valence electrons. The van der Waals surface area contributed by atoms with Crippen LogP contribution in [0, 0.1) is 0 Å². The van der Waals surface area contributed by atoms with Crippen LogP contribution in [-0.2, 0) is 24.4 Å². The fourth-order valence-corrected chi connectivity index (χ4v) is 3.34.